The summed E-state index contributed by atoms with van der Waals surface area (Å²) in [5, 5.41) is 0. The molecule has 4 heteroatoms. The highest BCUT2D eigenvalue weighted by molar-refractivity contribution is 5.85. The van der Waals surface area contributed by atoms with Crippen molar-refractivity contribution in [2.24, 2.45) is 11.5 Å². The van der Waals surface area contributed by atoms with Crippen LogP contribution in [0.1, 0.15) is 13.3 Å². The first-order valence-corrected chi connectivity index (χ1v) is 2.88. The van der Waals surface area contributed by atoms with Crippen LogP contribution < -0.4 is 11.5 Å². The highest BCUT2D eigenvalue weighted by Crippen LogP contribution is 1.85. The number of halogens is 2. The van der Waals surface area contributed by atoms with Crippen molar-refractivity contribution in [1.29, 1.82) is 0 Å². The Hall–Kier alpha value is 0.240. The van der Waals surface area contributed by atoms with Crippen molar-refractivity contribution >= 4 is 24.8 Å². The Morgan fingerprint density at radius 2 is 1.90 bits per heavy atom. The van der Waals surface area contributed by atoms with Crippen LogP contribution in [0.25, 0.3) is 0 Å². The van der Waals surface area contributed by atoms with E-state index in [1.807, 2.05) is 19.1 Å². The molecular weight excluding hydrogens is 171 g/mol. The summed E-state index contributed by atoms with van der Waals surface area (Å²) >= 11 is 0. The van der Waals surface area contributed by atoms with Crippen LogP contribution in [0.15, 0.2) is 12.2 Å². The predicted octanol–water partition coefficient (Wildman–Crippen LogP) is 1.08. The number of hydrogen-bond acceptors (Lipinski definition) is 2. The van der Waals surface area contributed by atoms with Crippen molar-refractivity contribution in [2.75, 3.05) is 6.54 Å². The minimum absolute atomic E-state index is 0. The zero-order valence-electron chi connectivity index (χ0n) is 6.12. The lowest BCUT2D eigenvalue weighted by Crippen LogP contribution is -2.28. The molecule has 1 atom stereocenters. The molecule has 0 aromatic heterocycles. The third-order valence-electron chi connectivity index (χ3n) is 0.977. The normalized spacial score (nSPS) is 11.9. The Morgan fingerprint density at radius 1 is 1.40 bits per heavy atom. The van der Waals surface area contributed by atoms with Gasteiger partial charge in [0.15, 0.2) is 0 Å². The van der Waals surface area contributed by atoms with Crippen molar-refractivity contribution < 1.29 is 0 Å². The van der Waals surface area contributed by atoms with Gasteiger partial charge < -0.3 is 11.5 Å². The van der Waals surface area contributed by atoms with E-state index >= 15 is 0 Å². The lowest BCUT2D eigenvalue weighted by molar-refractivity contribution is 0.693. The van der Waals surface area contributed by atoms with Gasteiger partial charge in [-0.05, 0) is 13.3 Å². The van der Waals surface area contributed by atoms with Crippen LogP contribution in [0.5, 0.6) is 0 Å². The van der Waals surface area contributed by atoms with Crippen molar-refractivity contribution in [2.45, 2.75) is 19.4 Å². The number of hydrogen-bond donors (Lipinski definition) is 2. The monoisotopic (exact) mass is 186 g/mol. The molecule has 0 saturated heterocycles. The van der Waals surface area contributed by atoms with Gasteiger partial charge in [0.05, 0.1) is 0 Å². The van der Waals surface area contributed by atoms with E-state index in [1.54, 1.807) is 0 Å². The third-order valence-corrected chi connectivity index (χ3v) is 0.977. The fraction of sp³-hybridized carbons (Fsp3) is 0.667. The summed E-state index contributed by atoms with van der Waals surface area (Å²) in [5.41, 5.74) is 10.7. The molecule has 0 aliphatic rings. The lowest BCUT2D eigenvalue weighted by atomic mass is 10.2. The average molecular weight is 187 g/mol. The van der Waals surface area contributed by atoms with E-state index < -0.39 is 0 Å². The molecule has 10 heavy (non-hydrogen) atoms. The summed E-state index contributed by atoms with van der Waals surface area (Å²) in [6.45, 7) is 2.55. The quantitative estimate of drug-likeness (QED) is 0.649. The van der Waals surface area contributed by atoms with Crippen molar-refractivity contribution in [1.82, 2.24) is 0 Å². The molecular formula is C6H16Cl2N2. The number of allylic oxidation sites excluding steroid dienone is 1. The topological polar surface area (TPSA) is 52.0 Å². The molecule has 0 radical (unpaired) electrons. The van der Waals surface area contributed by atoms with E-state index in [2.05, 4.69) is 0 Å². The summed E-state index contributed by atoms with van der Waals surface area (Å²) in [5.74, 6) is 0. The van der Waals surface area contributed by atoms with Gasteiger partial charge in [-0.2, -0.15) is 0 Å². The second-order valence-corrected chi connectivity index (χ2v) is 1.80. The van der Waals surface area contributed by atoms with Gasteiger partial charge in [-0.3, -0.25) is 0 Å². The second kappa shape index (κ2) is 12.0. The molecule has 0 bridgehead atoms. The zero-order valence-corrected chi connectivity index (χ0v) is 7.75. The van der Waals surface area contributed by atoms with Gasteiger partial charge in [-0.25, -0.2) is 0 Å². The Morgan fingerprint density at radius 3 is 2.20 bits per heavy atom. The fourth-order valence-electron chi connectivity index (χ4n) is 0.407. The maximum Gasteiger partial charge on any atom is 0.0197 e. The minimum atomic E-state index is 0. The fourth-order valence-corrected chi connectivity index (χ4v) is 0.407. The largest absolute Gasteiger partial charge is 0.329 e. The molecule has 1 unspecified atom stereocenters. The van der Waals surface area contributed by atoms with Crippen LogP contribution in [0.4, 0.5) is 0 Å². The van der Waals surface area contributed by atoms with E-state index in [1.165, 1.54) is 0 Å². The van der Waals surface area contributed by atoms with Gasteiger partial charge in [0.25, 0.3) is 0 Å². The second-order valence-electron chi connectivity index (χ2n) is 1.80. The molecule has 0 rings (SSSR count). The van der Waals surface area contributed by atoms with E-state index in [9.17, 15) is 0 Å². The van der Waals surface area contributed by atoms with Crippen molar-refractivity contribution in [3.05, 3.63) is 12.2 Å². The van der Waals surface area contributed by atoms with Crippen LogP contribution >= 0.6 is 24.8 Å². The molecule has 0 heterocycles. The van der Waals surface area contributed by atoms with Gasteiger partial charge >= 0.3 is 0 Å². The first-order valence-electron chi connectivity index (χ1n) is 2.88. The Bertz CT molecular complexity index is 76.1. The first-order chi connectivity index (χ1) is 3.81. The predicted molar refractivity (Wildman–Crippen MR) is 51.0 cm³/mol. The molecule has 0 aliphatic heterocycles. The first kappa shape index (κ1) is 16.7. The third kappa shape index (κ3) is 11.1. The minimum Gasteiger partial charge on any atom is -0.329 e. The summed E-state index contributed by atoms with van der Waals surface area (Å²) < 4.78 is 0. The van der Waals surface area contributed by atoms with E-state index in [0.717, 1.165) is 6.42 Å². The molecule has 0 saturated carbocycles. The van der Waals surface area contributed by atoms with Gasteiger partial charge in [-0.15, -0.1) is 24.8 Å². The van der Waals surface area contributed by atoms with Gasteiger partial charge in [0.2, 0.25) is 0 Å². The summed E-state index contributed by atoms with van der Waals surface area (Å²) in [6.07, 6.45) is 4.90. The van der Waals surface area contributed by atoms with Crippen LogP contribution in [0.2, 0.25) is 0 Å². The van der Waals surface area contributed by atoms with Gasteiger partial charge in [0, 0.05) is 12.6 Å². The highest BCUT2D eigenvalue weighted by atomic mass is 35.5. The Balaban J connectivity index is -0.000000245. The summed E-state index contributed by atoms with van der Waals surface area (Å²) in [4.78, 5) is 0. The Kier molecular flexibility index (Phi) is 20.0. The van der Waals surface area contributed by atoms with Crippen LogP contribution in [-0.2, 0) is 0 Å². The molecule has 0 fully saturated rings. The molecule has 64 valence electrons. The number of nitrogens with two attached hydrogens (primary N) is 2. The zero-order chi connectivity index (χ0) is 6.41. The highest BCUT2D eigenvalue weighted by Gasteiger charge is 1.91. The smallest absolute Gasteiger partial charge is 0.0197 e. The van der Waals surface area contributed by atoms with Crippen LogP contribution in [0, 0.1) is 0 Å². The van der Waals surface area contributed by atoms with Crippen molar-refractivity contribution in [3.63, 3.8) is 0 Å². The maximum absolute atomic E-state index is 5.48. The van der Waals surface area contributed by atoms with Gasteiger partial charge in [0.1, 0.15) is 0 Å². The Labute approximate surface area is 74.9 Å². The van der Waals surface area contributed by atoms with E-state index in [0.29, 0.717) is 6.54 Å². The average Bonchev–Trinajstić information content (AvgIpc) is 1.83. The van der Waals surface area contributed by atoms with Gasteiger partial charge in [-0.1, -0.05) is 12.2 Å². The summed E-state index contributed by atoms with van der Waals surface area (Å²) in [7, 11) is 0. The van der Waals surface area contributed by atoms with Crippen molar-refractivity contribution in [3.8, 4) is 0 Å². The number of rotatable bonds is 3. The standard InChI is InChI=1S/C6H14N2.2ClH/c1-2-3-4-6(8)5-7;;/h2-3,6H,4-5,7-8H2,1H3;2*1H. The maximum atomic E-state index is 5.48. The molecule has 0 aromatic rings. The molecule has 4 N–H and O–H groups in total. The van der Waals surface area contributed by atoms with Crippen LogP contribution in [-0.4, -0.2) is 12.6 Å². The van der Waals surface area contributed by atoms with E-state index in [-0.39, 0.29) is 30.9 Å². The summed E-state index contributed by atoms with van der Waals surface area (Å²) in [6, 6.07) is 0.145. The molecule has 2 nitrogen and oxygen atoms in total. The molecule has 0 amide bonds. The SMILES string of the molecule is CC=CCC(N)CN.Cl.Cl. The lowest BCUT2D eigenvalue weighted by Gasteiger charge is -2.01. The van der Waals surface area contributed by atoms with Crippen LogP contribution in [0.3, 0.4) is 0 Å². The molecule has 0 aliphatic carbocycles. The van der Waals surface area contributed by atoms with E-state index in [4.69, 9.17) is 11.5 Å². The molecule has 0 spiro atoms. The molecule has 0 aromatic carbocycles.